The summed E-state index contributed by atoms with van der Waals surface area (Å²) in [4.78, 5) is 23.4. The Hall–Kier alpha value is -4.95. The van der Waals surface area contributed by atoms with Crippen molar-refractivity contribution in [2.75, 3.05) is 46.1 Å². The molecular formula is C49H60N2O10S. The van der Waals surface area contributed by atoms with E-state index < -0.39 is 23.8 Å². The molecular weight excluding hydrogens is 809 g/mol. The van der Waals surface area contributed by atoms with Gasteiger partial charge in [0.05, 0.1) is 24.8 Å². The number of allylic oxidation sites excluding steroid dienone is 1. The van der Waals surface area contributed by atoms with E-state index in [9.17, 15) is 15.0 Å². The number of fused-ring (bicyclic) bond motifs is 3. The maximum Gasteiger partial charge on any atom is 0.410 e. The fraction of sp³-hybridized carbons (Fsp3) is 0.469. The first-order chi connectivity index (χ1) is 30.4. The van der Waals surface area contributed by atoms with Crippen LogP contribution in [0.5, 0.6) is 28.7 Å². The number of unbranched alkanes of at least 4 members (excludes halogenated alkanes) is 2. The van der Waals surface area contributed by atoms with Crippen molar-refractivity contribution in [3.8, 4) is 28.7 Å². The second kappa shape index (κ2) is 21.4. The molecule has 13 heteroatoms. The molecule has 2 heterocycles. The number of hydrogen-bond donors (Lipinski definition) is 2. The zero-order valence-corrected chi connectivity index (χ0v) is 36.7. The van der Waals surface area contributed by atoms with Gasteiger partial charge < -0.3 is 43.5 Å². The van der Waals surface area contributed by atoms with Gasteiger partial charge in [-0.25, -0.2) is 4.79 Å². The lowest BCUT2D eigenvalue weighted by atomic mass is 9.55. The molecule has 3 aromatic rings. The number of thioether (sulfide) groups is 1. The normalized spacial score (nSPS) is 23.6. The maximum absolute atomic E-state index is 14.7. The van der Waals surface area contributed by atoms with Crippen molar-refractivity contribution in [1.82, 2.24) is 4.90 Å². The smallest absolute Gasteiger partial charge is 0.410 e. The quantitative estimate of drug-likeness (QED) is 0.0432. The van der Waals surface area contributed by atoms with Gasteiger partial charge in [0.15, 0.2) is 11.5 Å². The summed E-state index contributed by atoms with van der Waals surface area (Å²) in [7, 11) is 0. The van der Waals surface area contributed by atoms with Gasteiger partial charge in [-0.05, 0) is 123 Å². The summed E-state index contributed by atoms with van der Waals surface area (Å²) in [6.45, 7) is 10.8. The predicted molar refractivity (Wildman–Crippen MR) is 239 cm³/mol. The Morgan fingerprint density at radius 1 is 0.952 bits per heavy atom. The molecule has 0 bridgehead atoms. The summed E-state index contributed by atoms with van der Waals surface area (Å²) < 4.78 is 38.4. The Morgan fingerprint density at radius 3 is 2.45 bits per heavy atom. The number of carbonyl (C=O) groups excluding carboxylic acids is 1. The van der Waals surface area contributed by atoms with Crippen LogP contribution in [0, 0.1) is 17.8 Å². The Labute approximate surface area is 369 Å². The lowest BCUT2D eigenvalue weighted by Gasteiger charge is -2.59. The van der Waals surface area contributed by atoms with Crippen LogP contribution in [0.3, 0.4) is 0 Å². The van der Waals surface area contributed by atoms with Crippen LogP contribution in [-0.4, -0.2) is 84.8 Å². The summed E-state index contributed by atoms with van der Waals surface area (Å²) in [6.07, 6.45) is 12.6. The largest absolute Gasteiger partial charge is 0.459 e. The summed E-state index contributed by atoms with van der Waals surface area (Å²) in [6, 6.07) is 18.8. The topological polar surface area (TPSA) is 138 Å². The molecule has 1 saturated carbocycles. The number of amides is 1. The molecule has 2 N–H and O–H groups in total. The maximum atomic E-state index is 14.7. The molecule has 332 valence electrons. The fourth-order valence-electron chi connectivity index (χ4n) is 9.48. The Bertz CT molecular complexity index is 2070. The van der Waals surface area contributed by atoms with E-state index in [-0.39, 0.29) is 63.9 Å². The van der Waals surface area contributed by atoms with Crippen LogP contribution in [0.2, 0.25) is 0 Å². The van der Waals surface area contributed by atoms with Crippen molar-refractivity contribution in [2.24, 2.45) is 22.9 Å². The molecule has 2 aliphatic carbocycles. The van der Waals surface area contributed by atoms with E-state index in [1.165, 1.54) is 0 Å². The summed E-state index contributed by atoms with van der Waals surface area (Å²) in [5.41, 5.74) is 3.41. The lowest BCUT2D eigenvalue weighted by Crippen LogP contribution is -2.70. The van der Waals surface area contributed by atoms with E-state index in [1.807, 2.05) is 67.8 Å². The highest BCUT2D eigenvalue weighted by Crippen LogP contribution is 2.62. The third-order valence-corrected chi connectivity index (χ3v) is 12.9. The van der Waals surface area contributed by atoms with Crippen molar-refractivity contribution < 1.29 is 48.3 Å². The van der Waals surface area contributed by atoms with Gasteiger partial charge >= 0.3 is 6.09 Å². The van der Waals surface area contributed by atoms with Crippen LogP contribution < -0.4 is 18.9 Å². The van der Waals surface area contributed by atoms with Gasteiger partial charge in [0.2, 0.25) is 12.6 Å². The van der Waals surface area contributed by atoms with Crippen LogP contribution in [-0.2, 0) is 20.9 Å². The second-order valence-electron chi connectivity index (χ2n) is 16.0. The highest BCUT2D eigenvalue weighted by Gasteiger charge is 2.65. The molecule has 2 aliphatic heterocycles. The van der Waals surface area contributed by atoms with Crippen molar-refractivity contribution in [3.63, 3.8) is 0 Å². The molecule has 0 unspecified atom stereocenters. The highest BCUT2D eigenvalue weighted by molar-refractivity contribution is 7.98. The van der Waals surface area contributed by atoms with Gasteiger partial charge in [-0.1, -0.05) is 42.3 Å². The molecule has 7 rings (SSSR count). The third-order valence-electron chi connectivity index (χ3n) is 12.2. The number of aliphatic hydroxyl groups is 2. The van der Waals surface area contributed by atoms with E-state index in [4.69, 9.17) is 38.4 Å². The van der Waals surface area contributed by atoms with Gasteiger partial charge in [0.1, 0.15) is 29.9 Å². The van der Waals surface area contributed by atoms with E-state index in [0.29, 0.717) is 60.3 Å². The minimum Gasteiger partial charge on any atom is -0.459 e. The number of benzene rings is 3. The van der Waals surface area contributed by atoms with Crippen LogP contribution in [0.25, 0.3) is 0 Å². The number of aliphatic hydroxyl groups excluding tert-OH is 2. The molecule has 1 fully saturated rings. The number of rotatable bonds is 22. The van der Waals surface area contributed by atoms with Crippen molar-refractivity contribution in [2.45, 2.75) is 87.5 Å². The Kier molecular flexibility index (Phi) is 15.6. The molecule has 0 spiro atoms. The highest BCUT2D eigenvalue weighted by atomic mass is 32.2. The van der Waals surface area contributed by atoms with E-state index >= 15 is 0 Å². The standard InChI is InChI=1S/C49H60N2O10S/c1-5-8-26-55-48(54)51(31-33-15-21-43-44(27-33)57-32-56-43)45-30-41(50-59-7-3)39-28-34(13-9-11-23-52)38(14-10-12-24-53)46-40-29-36(60-35-16-19-37(62-4)20-17-35)18-22-42(40)61-49(45,47(39)46)58-25-6-2/h5-6,15-22,27-29,34,38,45-47,52-53H,1-2,7-14,23-26,30-32H2,3-4H3/t34-,38+,45-,46+,47+,49+/m0/s1. The van der Waals surface area contributed by atoms with Crippen LogP contribution in [0.4, 0.5) is 4.79 Å². The van der Waals surface area contributed by atoms with Crippen molar-refractivity contribution in [1.29, 1.82) is 0 Å². The lowest BCUT2D eigenvalue weighted by molar-refractivity contribution is -0.256. The van der Waals surface area contributed by atoms with Gasteiger partial charge in [-0.2, -0.15) is 0 Å². The summed E-state index contributed by atoms with van der Waals surface area (Å²) in [5, 5.41) is 24.7. The van der Waals surface area contributed by atoms with Gasteiger partial charge in [-0.15, -0.1) is 24.9 Å². The molecule has 0 aromatic heterocycles. The zero-order chi connectivity index (χ0) is 43.5. The number of hydrogen-bond acceptors (Lipinski definition) is 12. The number of oxime groups is 1. The monoisotopic (exact) mass is 868 g/mol. The fourth-order valence-corrected chi connectivity index (χ4v) is 9.89. The average Bonchev–Trinajstić information content (AvgIpc) is 3.77. The molecule has 1 amide bonds. The Balaban J connectivity index is 1.43. The molecule has 0 saturated heterocycles. The van der Waals surface area contributed by atoms with Crippen molar-refractivity contribution >= 4 is 23.6 Å². The van der Waals surface area contributed by atoms with Gasteiger partial charge in [0.25, 0.3) is 0 Å². The number of carbonyl (C=O) groups is 1. The molecule has 6 atom stereocenters. The summed E-state index contributed by atoms with van der Waals surface area (Å²) >= 11 is 1.67. The average molecular weight is 869 g/mol. The number of ether oxygens (including phenoxy) is 6. The molecule has 0 radical (unpaired) electrons. The minimum absolute atomic E-state index is 0.0495. The minimum atomic E-state index is -1.46. The van der Waals surface area contributed by atoms with Crippen LogP contribution in [0.15, 0.2) is 108 Å². The van der Waals surface area contributed by atoms with E-state index in [2.05, 4.69) is 25.3 Å². The van der Waals surface area contributed by atoms with Crippen molar-refractivity contribution in [3.05, 3.63) is 109 Å². The molecule has 12 nitrogen and oxygen atoms in total. The van der Waals surface area contributed by atoms with Gasteiger partial charge in [0, 0.05) is 42.6 Å². The van der Waals surface area contributed by atoms with Gasteiger partial charge in [-0.3, -0.25) is 4.90 Å². The predicted octanol–water partition coefficient (Wildman–Crippen LogP) is 9.80. The van der Waals surface area contributed by atoms with Crippen LogP contribution >= 0.6 is 11.8 Å². The first-order valence-electron chi connectivity index (χ1n) is 21.8. The zero-order valence-electron chi connectivity index (χ0n) is 35.9. The summed E-state index contributed by atoms with van der Waals surface area (Å²) in [5.74, 6) is 1.20. The van der Waals surface area contributed by atoms with Crippen LogP contribution in [0.1, 0.15) is 75.3 Å². The van der Waals surface area contributed by atoms with E-state index in [1.54, 1.807) is 28.8 Å². The first kappa shape index (κ1) is 45.1. The van der Waals surface area contributed by atoms with E-state index in [0.717, 1.165) is 47.3 Å². The molecule has 62 heavy (non-hydrogen) atoms. The third kappa shape index (κ3) is 9.81. The molecule has 4 aliphatic rings. The first-order valence-corrected chi connectivity index (χ1v) is 23.1. The Morgan fingerprint density at radius 2 is 1.71 bits per heavy atom. The second-order valence-corrected chi connectivity index (χ2v) is 16.9. The number of nitrogens with zero attached hydrogens (tertiary/aromatic N) is 2. The molecule has 3 aromatic carbocycles. The SMILES string of the molecule is C=CCCOC(=O)N(Cc1ccc2c(c1)OCO2)[C@H]1CC(=NOCC)C2=C[C@H](CCCCO)[C@@H](CCCCO)[C@@H]3c4cc(Oc5ccc(SC)cc5)ccc4O[C@@]1(OCC=C)[C@H]23.